The predicted octanol–water partition coefficient (Wildman–Crippen LogP) is 2.34. The zero-order valence-corrected chi connectivity index (χ0v) is 18.2. The fraction of sp³-hybridized carbons (Fsp3) is 0.250. The van der Waals surface area contributed by atoms with Crippen molar-refractivity contribution in [1.82, 2.24) is 9.13 Å². The molecule has 32 heavy (non-hydrogen) atoms. The summed E-state index contributed by atoms with van der Waals surface area (Å²) in [7, 11) is 1.27. The second-order valence-electron chi connectivity index (χ2n) is 7.75. The van der Waals surface area contributed by atoms with Gasteiger partial charge in [-0.25, -0.2) is 9.59 Å². The summed E-state index contributed by atoms with van der Waals surface area (Å²) in [5.74, 6) is -1.42. The first-order chi connectivity index (χ1) is 15.2. The van der Waals surface area contributed by atoms with Crippen molar-refractivity contribution < 1.29 is 14.3 Å². The van der Waals surface area contributed by atoms with E-state index in [9.17, 15) is 19.2 Å². The number of hydrogen-bond donors (Lipinski definition) is 1. The largest absolute Gasteiger partial charge is 0.454 e. The lowest BCUT2D eigenvalue weighted by atomic mass is 10.0. The normalized spacial score (nSPS) is 10.9. The number of carbonyl (C=O) groups excluding carboxylic acids is 2. The third-order valence-electron chi connectivity index (χ3n) is 5.19. The molecule has 3 aromatic rings. The number of nitrogen functional groups attached to an aromatic ring is 1. The van der Waals surface area contributed by atoms with E-state index in [-0.39, 0.29) is 23.5 Å². The zero-order valence-electron chi connectivity index (χ0n) is 18.2. The van der Waals surface area contributed by atoms with Gasteiger partial charge in [0.05, 0.1) is 12.1 Å². The van der Waals surface area contributed by atoms with Crippen LogP contribution in [0.25, 0.3) is 0 Å². The third-order valence-corrected chi connectivity index (χ3v) is 5.19. The molecule has 0 radical (unpaired) electrons. The highest BCUT2D eigenvalue weighted by molar-refractivity contribution is 6.02. The van der Waals surface area contributed by atoms with Crippen LogP contribution >= 0.6 is 0 Å². The molecule has 0 unspecified atom stereocenters. The Morgan fingerprint density at radius 3 is 2.22 bits per heavy atom. The quantitative estimate of drug-likeness (QED) is 0.450. The Hall–Kier alpha value is -3.94. The summed E-state index contributed by atoms with van der Waals surface area (Å²) in [5, 5.41) is 0. The van der Waals surface area contributed by atoms with E-state index in [1.165, 1.54) is 7.05 Å². The number of hydrogen-bond acceptors (Lipinski definition) is 6. The fourth-order valence-electron chi connectivity index (χ4n) is 3.25. The van der Waals surface area contributed by atoms with Crippen molar-refractivity contribution >= 4 is 17.6 Å². The van der Waals surface area contributed by atoms with Gasteiger partial charge in [0.1, 0.15) is 11.4 Å². The van der Waals surface area contributed by atoms with E-state index in [4.69, 9.17) is 10.5 Å². The van der Waals surface area contributed by atoms with Gasteiger partial charge in [0, 0.05) is 7.05 Å². The maximum absolute atomic E-state index is 12.7. The lowest BCUT2D eigenvalue weighted by Crippen LogP contribution is -2.43. The molecule has 0 saturated carbocycles. The number of nitrogens with zero attached hydrogens (tertiary/aromatic N) is 2. The molecule has 0 fully saturated rings. The first-order valence-electron chi connectivity index (χ1n) is 10.1. The van der Waals surface area contributed by atoms with Crippen molar-refractivity contribution in [3.63, 3.8) is 0 Å². The number of ketones is 1. The first-order valence-corrected chi connectivity index (χ1v) is 10.1. The molecule has 8 heteroatoms. The summed E-state index contributed by atoms with van der Waals surface area (Å²) in [6.07, 6.45) is 0. The van der Waals surface area contributed by atoms with E-state index in [1.807, 2.05) is 32.0 Å². The standard InChI is InChI=1S/C24H25N3O5/c1-15(2)17-9-11-18(12-10-17)23(30)32-14-19(28)20-21(25)27(24(31)26(3)22(20)29)13-16-7-5-4-6-8-16/h4-12,15H,13-14,25H2,1-3H3. The zero-order chi connectivity index (χ0) is 23.4. The van der Waals surface area contributed by atoms with Crippen molar-refractivity contribution in [3.05, 3.63) is 97.7 Å². The molecular weight excluding hydrogens is 410 g/mol. The molecule has 0 saturated heterocycles. The van der Waals surface area contributed by atoms with Crippen LogP contribution in [-0.2, 0) is 18.3 Å². The summed E-state index contributed by atoms with van der Waals surface area (Å²) in [5.41, 5.74) is 6.32. The van der Waals surface area contributed by atoms with Gasteiger partial charge in [-0.15, -0.1) is 0 Å². The maximum atomic E-state index is 12.7. The molecule has 1 aromatic heterocycles. The lowest BCUT2D eigenvalue weighted by molar-refractivity contribution is 0.0474. The average molecular weight is 435 g/mol. The van der Waals surface area contributed by atoms with Crippen molar-refractivity contribution in [3.8, 4) is 0 Å². The maximum Gasteiger partial charge on any atom is 0.338 e. The van der Waals surface area contributed by atoms with Gasteiger partial charge in [-0.05, 0) is 29.2 Å². The number of ether oxygens (including phenoxy) is 1. The second-order valence-corrected chi connectivity index (χ2v) is 7.75. The molecule has 1 heterocycles. The van der Waals surface area contributed by atoms with Crippen LogP contribution in [0.15, 0.2) is 64.2 Å². The highest BCUT2D eigenvalue weighted by Gasteiger charge is 2.23. The van der Waals surface area contributed by atoms with Crippen LogP contribution in [0.5, 0.6) is 0 Å². The molecule has 8 nitrogen and oxygen atoms in total. The molecule has 2 aromatic carbocycles. The second kappa shape index (κ2) is 9.47. The first kappa shape index (κ1) is 22.7. The molecule has 0 aliphatic carbocycles. The number of Topliss-reactive ketones (excluding diaryl/α,β-unsaturated/α-hetero) is 1. The molecular formula is C24H25N3O5. The molecule has 0 aliphatic heterocycles. The number of nitrogens with two attached hydrogens (primary N) is 1. The molecule has 166 valence electrons. The summed E-state index contributed by atoms with van der Waals surface area (Å²) < 4.78 is 7.07. The molecule has 0 aliphatic rings. The minimum Gasteiger partial charge on any atom is -0.454 e. The minimum absolute atomic E-state index is 0.0852. The van der Waals surface area contributed by atoms with Crippen LogP contribution in [0, 0.1) is 0 Å². The Morgan fingerprint density at radius 1 is 1.00 bits per heavy atom. The molecule has 0 atom stereocenters. The molecule has 3 rings (SSSR count). The van der Waals surface area contributed by atoms with E-state index in [1.54, 1.807) is 36.4 Å². The lowest BCUT2D eigenvalue weighted by Gasteiger charge is -2.15. The minimum atomic E-state index is -0.834. The van der Waals surface area contributed by atoms with Crippen LogP contribution in [0.3, 0.4) is 0 Å². The Balaban J connectivity index is 1.83. The Kier molecular flexibility index (Phi) is 6.73. The van der Waals surface area contributed by atoms with E-state index < -0.39 is 29.6 Å². The van der Waals surface area contributed by atoms with Crippen LogP contribution in [-0.4, -0.2) is 27.5 Å². The Labute approximate surface area is 184 Å². The smallest absolute Gasteiger partial charge is 0.338 e. The van der Waals surface area contributed by atoms with Crippen LogP contribution in [0.4, 0.5) is 5.82 Å². The van der Waals surface area contributed by atoms with Crippen molar-refractivity contribution in [2.75, 3.05) is 12.3 Å². The number of rotatable bonds is 7. The summed E-state index contributed by atoms with van der Waals surface area (Å²) >= 11 is 0. The molecule has 0 bridgehead atoms. The number of aromatic nitrogens is 2. The number of esters is 1. The SMILES string of the molecule is CC(C)c1ccc(C(=O)OCC(=O)c2c(N)n(Cc3ccccc3)c(=O)n(C)c2=O)cc1. The molecule has 0 amide bonds. The summed E-state index contributed by atoms with van der Waals surface area (Å²) in [6.45, 7) is 3.48. The van der Waals surface area contributed by atoms with Gasteiger partial charge in [0.25, 0.3) is 5.56 Å². The van der Waals surface area contributed by atoms with Gasteiger partial charge in [-0.3, -0.25) is 18.7 Å². The highest BCUT2D eigenvalue weighted by Crippen LogP contribution is 2.15. The van der Waals surface area contributed by atoms with E-state index in [0.717, 1.165) is 20.3 Å². The van der Waals surface area contributed by atoms with Gasteiger partial charge in [0.15, 0.2) is 6.61 Å². The third kappa shape index (κ3) is 4.69. The van der Waals surface area contributed by atoms with Crippen LogP contribution in [0.1, 0.15) is 51.6 Å². The van der Waals surface area contributed by atoms with Crippen molar-refractivity contribution in [1.29, 1.82) is 0 Å². The number of benzene rings is 2. The van der Waals surface area contributed by atoms with Crippen LogP contribution < -0.4 is 17.0 Å². The number of anilines is 1. The molecule has 2 N–H and O–H groups in total. The predicted molar refractivity (Wildman–Crippen MR) is 121 cm³/mol. The average Bonchev–Trinajstić information content (AvgIpc) is 2.79. The van der Waals surface area contributed by atoms with Gasteiger partial charge < -0.3 is 10.5 Å². The summed E-state index contributed by atoms with van der Waals surface area (Å²) in [4.78, 5) is 50.2. The Bertz CT molecular complexity index is 1260. The molecule has 0 spiro atoms. The van der Waals surface area contributed by atoms with Crippen molar-refractivity contribution in [2.24, 2.45) is 7.05 Å². The van der Waals surface area contributed by atoms with Crippen molar-refractivity contribution in [2.45, 2.75) is 26.3 Å². The number of carbonyl (C=O) groups is 2. The van der Waals surface area contributed by atoms with Gasteiger partial charge in [0.2, 0.25) is 5.78 Å². The van der Waals surface area contributed by atoms with E-state index in [0.29, 0.717) is 5.92 Å². The summed E-state index contributed by atoms with van der Waals surface area (Å²) in [6, 6.07) is 15.9. The van der Waals surface area contributed by atoms with E-state index in [2.05, 4.69) is 0 Å². The van der Waals surface area contributed by atoms with Crippen LogP contribution in [0.2, 0.25) is 0 Å². The fourth-order valence-corrected chi connectivity index (χ4v) is 3.25. The highest BCUT2D eigenvalue weighted by atomic mass is 16.5. The topological polar surface area (TPSA) is 113 Å². The monoisotopic (exact) mass is 435 g/mol. The Morgan fingerprint density at radius 2 is 1.62 bits per heavy atom. The van der Waals surface area contributed by atoms with Gasteiger partial charge in [-0.1, -0.05) is 56.3 Å². The van der Waals surface area contributed by atoms with Gasteiger partial charge in [-0.2, -0.15) is 0 Å². The van der Waals surface area contributed by atoms with E-state index >= 15 is 0 Å². The van der Waals surface area contributed by atoms with Gasteiger partial charge >= 0.3 is 11.7 Å².